The Balaban J connectivity index is 2.13. The summed E-state index contributed by atoms with van der Waals surface area (Å²) in [5, 5.41) is 24.3. The summed E-state index contributed by atoms with van der Waals surface area (Å²) < 4.78 is 5.32. The molecule has 0 unspecified atom stereocenters. The molecule has 11 heteroatoms. The topological polar surface area (TPSA) is 132 Å². The molecule has 0 aliphatic carbocycles. The zero-order valence-electron chi connectivity index (χ0n) is 13.1. The van der Waals surface area contributed by atoms with E-state index in [1.165, 1.54) is 25.3 Å². The second kappa shape index (κ2) is 6.73. The Kier molecular flexibility index (Phi) is 4.62. The molecule has 3 rings (SSSR count). The van der Waals surface area contributed by atoms with Crippen molar-refractivity contribution in [1.29, 1.82) is 0 Å². The number of esters is 1. The zero-order valence-corrected chi connectivity index (χ0v) is 14.7. The van der Waals surface area contributed by atoms with Gasteiger partial charge < -0.3 is 15.2 Å². The van der Waals surface area contributed by atoms with Gasteiger partial charge in [0.15, 0.2) is 11.4 Å². The fourth-order valence-electron chi connectivity index (χ4n) is 2.35. The van der Waals surface area contributed by atoms with Crippen molar-refractivity contribution in [3.63, 3.8) is 0 Å². The van der Waals surface area contributed by atoms with Crippen LogP contribution in [0.25, 0.3) is 20.2 Å². The van der Waals surface area contributed by atoms with Crippen molar-refractivity contribution in [2.75, 3.05) is 13.7 Å². The van der Waals surface area contributed by atoms with Gasteiger partial charge >= 0.3 is 5.97 Å². The van der Waals surface area contributed by atoms with Crippen LogP contribution in [0.15, 0.2) is 18.2 Å². The van der Waals surface area contributed by atoms with E-state index in [1.807, 2.05) is 0 Å². The highest BCUT2D eigenvalue weighted by Gasteiger charge is 2.23. The summed E-state index contributed by atoms with van der Waals surface area (Å²) in [5.41, 5.74) is -0.486. The second-order valence-electron chi connectivity index (χ2n) is 5.10. The number of methoxy groups -OCH3 is 1. The number of nitro groups is 1. The van der Waals surface area contributed by atoms with Crippen LogP contribution in [0.2, 0.25) is 5.15 Å². The predicted octanol–water partition coefficient (Wildman–Crippen LogP) is 2.62. The minimum absolute atomic E-state index is 0.0900. The first kappa shape index (κ1) is 17.8. The Bertz CT molecular complexity index is 1080. The van der Waals surface area contributed by atoms with E-state index < -0.39 is 29.1 Å². The van der Waals surface area contributed by atoms with Crippen LogP contribution >= 0.6 is 22.9 Å². The Labute approximate surface area is 154 Å². The van der Waals surface area contributed by atoms with Crippen LogP contribution < -0.4 is 5.32 Å². The molecule has 0 spiro atoms. The average Bonchev–Trinajstić information content (AvgIpc) is 3.01. The van der Waals surface area contributed by atoms with Gasteiger partial charge in [-0.05, 0) is 6.07 Å². The van der Waals surface area contributed by atoms with E-state index in [4.69, 9.17) is 11.6 Å². The fourth-order valence-corrected chi connectivity index (χ4v) is 3.82. The van der Waals surface area contributed by atoms with Crippen LogP contribution in [0.5, 0.6) is 5.75 Å². The SMILES string of the molecule is COC(=O)CNC(=O)c1nc(Cl)c2c(sc3ccc([N+](=O)[O-])cc32)c1O. The lowest BCUT2D eigenvalue weighted by Crippen LogP contribution is -2.30. The smallest absolute Gasteiger partial charge is 0.325 e. The molecule has 9 nitrogen and oxygen atoms in total. The predicted molar refractivity (Wildman–Crippen MR) is 94.8 cm³/mol. The van der Waals surface area contributed by atoms with Gasteiger partial charge in [0.25, 0.3) is 11.6 Å². The lowest BCUT2D eigenvalue weighted by atomic mass is 10.1. The third kappa shape index (κ3) is 3.00. The minimum atomic E-state index is -0.805. The van der Waals surface area contributed by atoms with Gasteiger partial charge in [-0.2, -0.15) is 0 Å². The molecular weight excluding hydrogens is 386 g/mol. The lowest BCUT2D eigenvalue weighted by molar-refractivity contribution is -0.384. The molecule has 26 heavy (non-hydrogen) atoms. The molecule has 2 N–H and O–H groups in total. The molecule has 3 aromatic rings. The largest absolute Gasteiger partial charge is 0.504 e. The number of nitrogens with zero attached hydrogens (tertiary/aromatic N) is 2. The van der Waals surface area contributed by atoms with Gasteiger partial charge in [0, 0.05) is 27.6 Å². The molecule has 2 heterocycles. The van der Waals surface area contributed by atoms with Gasteiger partial charge in [-0.15, -0.1) is 11.3 Å². The van der Waals surface area contributed by atoms with Crippen LogP contribution in [0.3, 0.4) is 0 Å². The summed E-state index contributed by atoms with van der Waals surface area (Å²) in [6, 6.07) is 4.20. The van der Waals surface area contributed by atoms with E-state index >= 15 is 0 Å². The fraction of sp³-hybridized carbons (Fsp3) is 0.133. The molecular formula is C15H10ClN3O6S. The molecule has 0 bridgehead atoms. The van der Waals surface area contributed by atoms with Crippen molar-refractivity contribution in [1.82, 2.24) is 10.3 Å². The number of thiophene rings is 1. The van der Waals surface area contributed by atoms with E-state index in [2.05, 4.69) is 15.0 Å². The normalized spacial score (nSPS) is 10.8. The van der Waals surface area contributed by atoms with Crippen LogP contribution in [0.1, 0.15) is 10.5 Å². The highest BCUT2D eigenvalue weighted by molar-refractivity contribution is 7.26. The molecule has 134 valence electrons. The number of ether oxygens (including phenoxy) is 1. The van der Waals surface area contributed by atoms with Crippen molar-refractivity contribution in [2.45, 2.75) is 0 Å². The van der Waals surface area contributed by atoms with Crippen LogP contribution in [0.4, 0.5) is 5.69 Å². The molecule has 1 amide bonds. The number of hydrogen-bond acceptors (Lipinski definition) is 8. The number of nitrogens with one attached hydrogen (secondary N) is 1. The highest BCUT2D eigenvalue weighted by Crippen LogP contribution is 2.43. The highest BCUT2D eigenvalue weighted by atomic mass is 35.5. The molecule has 0 aliphatic rings. The summed E-state index contributed by atoms with van der Waals surface area (Å²) >= 11 is 7.28. The van der Waals surface area contributed by atoms with Gasteiger partial charge in [0.05, 0.1) is 16.7 Å². The Morgan fingerprint density at radius 2 is 2.19 bits per heavy atom. The van der Waals surface area contributed by atoms with E-state index in [-0.39, 0.29) is 21.2 Å². The molecule has 1 aromatic carbocycles. The standard InChI is InChI=1S/C15H10ClN3O6S/c1-25-9(20)5-17-15(22)11-12(21)13-10(14(16)18-11)7-4-6(19(23)24)2-3-8(7)26-13/h2-4,21H,5H2,1H3,(H,17,22). The first-order chi connectivity index (χ1) is 12.3. The molecule has 0 saturated heterocycles. The summed E-state index contributed by atoms with van der Waals surface area (Å²) in [5.74, 6) is -1.89. The monoisotopic (exact) mass is 395 g/mol. The Hall–Kier alpha value is -2.98. The van der Waals surface area contributed by atoms with E-state index in [9.17, 15) is 24.8 Å². The number of carbonyl (C=O) groups is 2. The van der Waals surface area contributed by atoms with E-state index in [1.54, 1.807) is 0 Å². The lowest BCUT2D eigenvalue weighted by Gasteiger charge is -2.07. The summed E-state index contributed by atoms with van der Waals surface area (Å²) in [6.45, 7) is -0.398. The number of carbonyl (C=O) groups excluding carboxylic acids is 2. The number of benzene rings is 1. The van der Waals surface area contributed by atoms with Crippen LogP contribution in [-0.2, 0) is 9.53 Å². The Morgan fingerprint density at radius 1 is 1.46 bits per heavy atom. The van der Waals surface area contributed by atoms with Crippen molar-refractivity contribution < 1.29 is 24.4 Å². The second-order valence-corrected chi connectivity index (χ2v) is 6.51. The number of aromatic nitrogens is 1. The molecule has 0 atom stereocenters. The Morgan fingerprint density at radius 3 is 2.85 bits per heavy atom. The maximum Gasteiger partial charge on any atom is 0.325 e. The van der Waals surface area contributed by atoms with Gasteiger partial charge in [0.2, 0.25) is 0 Å². The molecule has 2 aromatic heterocycles. The zero-order chi connectivity index (χ0) is 19.0. The number of non-ortho nitro benzene ring substituents is 1. The summed E-state index contributed by atoms with van der Waals surface area (Å²) in [6.07, 6.45) is 0. The van der Waals surface area contributed by atoms with Crippen LogP contribution in [0, 0.1) is 10.1 Å². The molecule has 0 fully saturated rings. The van der Waals surface area contributed by atoms with Gasteiger partial charge in [-0.1, -0.05) is 11.6 Å². The molecule has 0 saturated carbocycles. The number of rotatable bonds is 4. The van der Waals surface area contributed by atoms with Crippen molar-refractivity contribution >= 4 is 60.7 Å². The van der Waals surface area contributed by atoms with E-state index in [0.717, 1.165) is 11.3 Å². The van der Waals surface area contributed by atoms with Crippen molar-refractivity contribution in [3.8, 4) is 5.75 Å². The quantitative estimate of drug-likeness (QED) is 0.300. The number of nitro benzene ring substituents is 1. The number of hydrogen-bond donors (Lipinski definition) is 2. The summed E-state index contributed by atoms with van der Waals surface area (Å²) in [4.78, 5) is 37.6. The first-order valence-corrected chi connectivity index (χ1v) is 8.27. The molecule has 0 radical (unpaired) electrons. The minimum Gasteiger partial charge on any atom is -0.504 e. The summed E-state index contributed by atoms with van der Waals surface area (Å²) in [7, 11) is 1.17. The maximum atomic E-state index is 12.2. The van der Waals surface area contributed by atoms with Crippen LogP contribution in [-0.4, -0.2) is 40.5 Å². The number of fused-ring (bicyclic) bond motifs is 3. The van der Waals surface area contributed by atoms with Gasteiger partial charge in [0.1, 0.15) is 11.7 Å². The number of halogens is 1. The third-order valence-electron chi connectivity index (χ3n) is 3.57. The van der Waals surface area contributed by atoms with Crippen molar-refractivity contribution in [2.24, 2.45) is 0 Å². The average molecular weight is 396 g/mol. The molecule has 0 aliphatic heterocycles. The van der Waals surface area contributed by atoms with Crippen molar-refractivity contribution in [3.05, 3.63) is 39.2 Å². The number of amides is 1. The maximum absolute atomic E-state index is 12.2. The first-order valence-electron chi connectivity index (χ1n) is 7.07. The number of aromatic hydroxyl groups is 1. The van der Waals surface area contributed by atoms with E-state index in [0.29, 0.717) is 15.5 Å². The third-order valence-corrected chi connectivity index (χ3v) is 5.03. The van der Waals surface area contributed by atoms with Gasteiger partial charge in [-0.25, -0.2) is 4.98 Å². The van der Waals surface area contributed by atoms with Gasteiger partial charge in [-0.3, -0.25) is 19.7 Å². The number of pyridine rings is 1.